The molecule has 164 valence electrons. The molecule has 0 spiro atoms. The average molecular weight is 439 g/mol. The van der Waals surface area contributed by atoms with Gasteiger partial charge in [-0.3, -0.25) is 0 Å². The lowest BCUT2D eigenvalue weighted by atomic mass is 9.87. The molecule has 0 aromatic heterocycles. The summed E-state index contributed by atoms with van der Waals surface area (Å²) in [5.41, 5.74) is -4.35. The Bertz CT molecular complexity index is 1100. The molecule has 0 aliphatic carbocycles. The number of alkyl halides is 6. The molecule has 4 rings (SSSR count). The predicted octanol–water partition coefficient (Wildman–Crippen LogP) is 6.29. The largest absolute Gasteiger partial charge is 0.430 e. The third-order valence-corrected chi connectivity index (χ3v) is 6.04. The van der Waals surface area contributed by atoms with Crippen LogP contribution in [0.5, 0.6) is 0 Å². The maximum atomic E-state index is 13.2. The number of fused-ring (bicyclic) bond motifs is 2. The molecule has 0 fully saturated rings. The first kappa shape index (κ1) is 21.5. The molecule has 1 heterocycles. The zero-order valence-corrected chi connectivity index (χ0v) is 16.4. The molecule has 2 atom stereocenters. The molecule has 0 saturated heterocycles. The van der Waals surface area contributed by atoms with Crippen LogP contribution in [0.3, 0.4) is 0 Å². The number of halogens is 6. The summed E-state index contributed by atoms with van der Waals surface area (Å²) >= 11 is 0. The van der Waals surface area contributed by atoms with Crippen molar-refractivity contribution in [2.75, 3.05) is 5.32 Å². The molecular weight excluding hydrogens is 420 g/mol. The van der Waals surface area contributed by atoms with E-state index in [-0.39, 0.29) is 18.4 Å². The van der Waals surface area contributed by atoms with E-state index < -0.39 is 23.5 Å². The summed E-state index contributed by atoms with van der Waals surface area (Å²) in [4.78, 5) is 0. The van der Waals surface area contributed by atoms with Crippen LogP contribution in [0.4, 0.5) is 32.0 Å². The standard InChI is InChI=1S/C23H19F6NO/c1-13(17-8-4-6-14-5-2-3-7-18(14)17)20-12-15-11-16(9-10-19(15)30-20)21(31,22(24,25)26)23(27,28)29/h2-11,13,20,30-31H,12H2,1H3. The lowest BCUT2D eigenvalue weighted by Gasteiger charge is -2.32. The van der Waals surface area contributed by atoms with Crippen LogP contribution in [-0.4, -0.2) is 23.5 Å². The molecular formula is C23H19F6NO. The van der Waals surface area contributed by atoms with Crippen molar-refractivity contribution >= 4 is 16.5 Å². The highest BCUT2D eigenvalue weighted by atomic mass is 19.4. The van der Waals surface area contributed by atoms with Gasteiger partial charge in [0.2, 0.25) is 0 Å². The van der Waals surface area contributed by atoms with Crippen molar-refractivity contribution < 1.29 is 31.4 Å². The fourth-order valence-corrected chi connectivity index (χ4v) is 4.27. The van der Waals surface area contributed by atoms with Crippen LogP contribution in [0.2, 0.25) is 0 Å². The van der Waals surface area contributed by atoms with E-state index in [9.17, 15) is 31.4 Å². The van der Waals surface area contributed by atoms with Gasteiger partial charge < -0.3 is 10.4 Å². The van der Waals surface area contributed by atoms with Gasteiger partial charge in [-0.15, -0.1) is 0 Å². The zero-order chi connectivity index (χ0) is 22.6. The fourth-order valence-electron chi connectivity index (χ4n) is 4.27. The van der Waals surface area contributed by atoms with Gasteiger partial charge in [-0.05, 0) is 34.4 Å². The van der Waals surface area contributed by atoms with Crippen molar-refractivity contribution in [1.82, 2.24) is 0 Å². The van der Waals surface area contributed by atoms with Crippen LogP contribution in [0.1, 0.15) is 29.5 Å². The molecule has 3 aromatic rings. The van der Waals surface area contributed by atoms with Gasteiger partial charge in [-0.1, -0.05) is 61.5 Å². The Kier molecular flexibility index (Phi) is 4.96. The van der Waals surface area contributed by atoms with Gasteiger partial charge >= 0.3 is 12.4 Å². The first-order valence-electron chi connectivity index (χ1n) is 9.67. The molecule has 0 radical (unpaired) electrons. The summed E-state index contributed by atoms with van der Waals surface area (Å²) in [5.74, 6) is -0.0638. The van der Waals surface area contributed by atoms with Gasteiger partial charge in [0, 0.05) is 23.2 Å². The van der Waals surface area contributed by atoms with Crippen molar-refractivity contribution in [1.29, 1.82) is 0 Å². The number of aliphatic hydroxyl groups is 1. The maximum absolute atomic E-state index is 13.2. The molecule has 2 N–H and O–H groups in total. The van der Waals surface area contributed by atoms with Crippen LogP contribution < -0.4 is 5.32 Å². The highest BCUT2D eigenvalue weighted by Gasteiger charge is 2.71. The smallest absolute Gasteiger partial charge is 0.381 e. The summed E-state index contributed by atoms with van der Waals surface area (Å²) in [6, 6.07) is 16.1. The highest BCUT2D eigenvalue weighted by Crippen LogP contribution is 2.51. The Hall–Kier alpha value is -2.74. The topological polar surface area (TPSA) is 32.3 Å². The van der Waals surface area contributed by atoms with Gasteiger partial charge in [-0.2, -0.15) is 26.3 Å². The summed E-state index contributed by atoms with van der Waals surface area (Å²) in [6.07, 6.45) is -11.6. The number of hydrogen-bond acceptors (Lipinski definition) is 2. The molecule has 3 aromatic carbocycles. The van der Waals surface area contributed by atoms with Crippen LogP contribution in [0.15, 0.2) is 60.7 Å². The molecule has 2 nitrogen and oxygen atoms in total. The van der Waals surface area contributed by atoms with E-state index >= 15 is 0 Å². The van der Waals surface area contributed by atoms with Crippen LogP contribution in [0, 0.1) is 0 Å². The number of rotatable bonds is 3. The second-order valence-corrected chi connectivity index (χ2v) is 7.89. The molecule has 0 amide bonds. The van der Waals surface area contributed by atoms with Crippen molar-refractivity contribution in [3.8, 4) is 0 Å². The molecule has 1 aliphatic rings. The van der Waals surface area contributed by atoms with E-state index in [0.717, 1.165) is 22.4 Å². The van der Waals surface area contributed by atoms with E-state index in [1.54, 1.807) is 0 Å². The Balaban J connectivity index is 1.67. The Labute approximate surface area is 174 Å². The number of benzene rings is 3. The minimum absolute atomic E-state index is 0.0638. The molecule has 2 unspecified atom stereocenters. The van der Waals surface area contributed by atoms with Crippen molar-refractivity contribution in [2.24, 2.45) is 0 Å². The Morgan fingerprint density at radius 3 is 2.23 bits per heavy atom. The van der Waals surface area contributed by atoms with Crippen molar-refractivity contribution in [3.63, 3.8) is 0 Å². The fraction of sp³-hybridized carbons (Fsp3) is 0.304. The van der Waals surface area contributed by atoms with Gasteiger partial charge in [0.1, 0.15) is 0 Å². The van der Waals surface area contributed by atoms with Gasteiger partial charge in [0.15, 0.2) is 0 Å². The van der Waals surface area contributed by atoms with E-state index in [1.165, 1.54) is 6.07 Å². The number of anilines is 1. The molecule has 0 bridgehead atoms. The summed E-state index contributed by atoms with van der Waals surface area (Å²) in [7, 11) is 0. The molecule has 0 saturated carbocycles. The summed E-state index contributed by atoms with van der Waals surface area (Å²) in [5, 5.41) is 15.0. The maximum Gasteiger partial charge on any atom is 0.430 e. The third-order valence-electron chi connectivity index (χ3n) is 6.04. The van der Waals surface area contributed by atoms with E-state index in [1.807, 2.05) is 49.4 Å². The average Bonchev–Trinajstić information content (AvgIpc) is 3.14. The highest BCUT2D eigenvalue weighted by molar-refractivity contribution is 5.86. The molecule has 31 heavy (non-hydrogen) atoms. The van der Waals surface area contributed by atoms with Gasteiger partial charge in [0.25, 0.3) is 5.60 Å². The van der Waals surface area contributed by atoms with Crippen molar-refractivity contribution in [3.05, 3.63) is 77.4 Å². The minimum atomic E-state index is -5.90. The van der Waals surface area contributed by atoms with Crippen LogP contribution >= 0.6 is 0 Å². The second-order valence-electron chi connectivity index (χ2n) is 7.89. The quantitative estimate of drug-likeness (QED) is 0.470. The first-order valence-corrected chi connectivity index (χ1v) is 9.67. The monoisotopic (exact) mass is 439 g/mol. The van der Waals surface area contributed by atoms with Gasteiger partial charge in [0.05, 0.1) is 0 Å². The number of hydrogen-bond donors (Lipinski definition) is 2. The molecule has 1 aliphatic heterocycles. The van der Waals surface area contributed by atoms with Crippen molar-refractivity contribution in [2.45, 2.75) is 43.3 Å². The SMILES string of the molecule is CC(c1cccc2ccccc12)C1Cc2cc(C(O)(C(F)(F)F)C(F)(F)F)ccc2N1. The second kappa shape index (κ2) is 7.15. The van der Waals surface area contributed by atoms with E-state index in [4.69, 9.17) is 0 Å². The molecule has 8 heteroatoms. The zero-order valence-electron chi connectivity index (χ0n) is 16.4. The summed E-state index contributed by atoms with van der Waals surface area (Å²) < 4.78 is 79.4. The van der Waals surface area contributed by atoms with E-state index in [2.05, 4.69) is 5.32 Å². The normalized spacial score (nSPS) is 18.0. The van der Waals surface area contributed by atoms with E-state index in [0.29, 0.717) is 17.3 Å². The Morgan fingerprint density at radius 1 is 0.903 bits per heavy atom. The van der Waals surface area contributed by atoms with Crippen LogP contribution in [0.25, 0.3) is 10.8 Å². The lowest BCUT2D eigenvalue weighted by Crippen LogP contribution is -2.53. The third kappa shape index (κ3) is 3.43. The minimum Gasteiger partial charge on any atom is -0.381 e. The lowest BCUT2D eigenvalue weighted by molar-refractivity contribution is -0.376. The predicted molar refractivity (Wildman–Crippen MR) is 106 cm³/mol. The first-order chi connectivity index (χ1) is 14.4. The summed E-state index contributed by atoms with van der Waals surface area (Å²) in [6.45, 7) is 1.97. The number of nitrogens with one attached hydrogen (secondary N) is 1. The Morgan fingerprint density at radius 2 is 1.55 bits per heavy atom. The van der Waals surface area contributed by atoms with Crippen LogP contribution in [-0.2, 0) is 12.0 Å². The van der Waals surface area contributed by atoms with Gasteiger partial charge in [-0.25, -0.2) is 0 Å².